The zero-order valence-corrected chi connectivity index (χ0v) is 23.6. The molecule has 0 bridgehead atoms. The molecule has 0 N–H and O–H groups in total. The van der Waals surface area contributed by atoms with E-state index in [2.05, 4.69) is 147 Å². The van der Waals surface area contributed by atoms with Crippen LogP contribution in [0.15, 0.2) is 121 Å². The Labute approximate surface area is 222 Å². The summed E-state index contributed by atoms with van der Waals surface area (Å²) in [6, 6.07) is 43.3. The third-order valence-corrected chi connectivity index (χ3v) is 9.85. The smallest absolute Gasteiger partial charge is 0.0108 e. The maximum Gasteiger partial charge on any atom is 0.0108 e. The van der Waals surface area contributed by atoms with Gasteiger partial charge in [0.1, 0.15) is 0 Å². The van der Waals surface area contributed by atoms with Crippen molar-refractivity contribution in [1.29, 1.82) is 0 Å². The predicted molar refractivity (Wildman–Crippen MR) is 151 cm³/mol. The number of hydrogen-bond acceptors (Lipinski definition) is 0. The van der Waals surface area contributed by atoms with E-state index in [0.717, 1.165) is 0 Å². The van der Waals surface area contributed by atoms with E-state index in [1.807, 2.05) is 0 Å². The molecule has 0 aromatic heterocycles. The van der Waals surface area contributed by atoms with Gasteiger partial charge in [0.05, 0.1) is 0 Å². The van der Waals surface area contributed by atoms with Gasteiger partial charge < -0.3 is 0 Å². The van der Waals surface area contributed by atoms with E-state index in [-0.39, 0.29) is 36.3 Å². The van der Waals surface area contributed by atoms with Gasteiger partial charge in [0.15, 0.2) is 0 Å². The number of rotatable bonds is 6. The fourth-order valence-corrected chi connectivity index (χ4v) is 7.65. The first kappa shape index (κ1) is 29.7. The van der Waals surface area contributed by atoms with Gasteiger partial charge in [-0.1, -0.05) is 135 Å². The summed E-state index contributed by atoms with van der Waals surface area (Å²) in [5.74, 6) is 0. The van der Waals surface area contributed by atoms with Crippen LogP contribution in [0.3, 0.4) is 0 Å². The van der Waals surface area contributed by atoms with Crippen LogP contribution in [0.1, 0.15) is 13.8 Å². The normalized spacial score (nSPS) is 9.76. The Hall–Kier alpha value is -1.31. The van der Waals surface area contributed by atoms with E-state index in [0.29, 0.717) is 0 Å². The van der Waals surface area contributed by atoms with Crippen LogP contribution < -0.4 is 21.2 Å². The maximum absolute atomic E-state index is 4.64. The van der Waals surface area contributed by atoms with Crippen molar-refractivity contribution in [1.82, 2.24) is 0 Å². The van der Waals surface area contributed by atoms with E-state index < -0.39 is 0 Å². The van der Waals surface area contributed by atoms with E-state index in [1.165, 1.54) is 39.9 Å². The fourth-order valence-electron chi connectivity index (χ4n) is 3.46. The van der Waals surface area contributed by atoms with Gasteiger partial charge in [-0.05, 0) is 49.4 Å². The molecule has 0 aliphatic heterocycles. The minimum Gasteiger partial charge on any atom is -0.130 e. The van der Waals surface area contributed by atoms with Gasteiger partial charge in [0, 0.05) is 26.8 Å². The Morgan fingerprint density at radius 2 is 0.606 bits per heavy atom. The van der Waals surface area contributed by atoms with Crippen LogP contribution in [0, 0.1) is 0 Å². The van der Waals surface area contributed by atoms with E-state index in [9.17, 15) is 0 Å². The first-order valence-corrected chi connectivity index (χ1v) is 14.8. The molecule has 0 spiro atoms. The molecule has 0 unspecified atom stereocenters. The number of benzene rings is 4. The molecule has 4 rings (SSSR count). The molecule has 0 nitrogen and oxygen atoms in total. The molecular weight excluding hydrogens is 552 g/mol. The summed E-state index contributed by atoms with van der Waals surface area (Å²) in [5, 5.41) is 5.89. The quantitative estimate of drug-likeness (QED) is 0.128. The van der Waals surface area contributed by atoms with Gasteiger partial charge in [-0.15, -0.1) is 11.6 Å². The molecule has 0 fully saturated rings. The molecule has 0 saturated carbocycles. The standard InChI is InChI=1S/2C14H15P.CH3Cl.Pd/c2*1-2-15(13-9-5-3-6-10-13)14-11-7-4-8-12-14;1-2;/h2*3-12H,2H2,1H3;1H3;. The molecule has 0 saturated heterocycles. The molecule has 0 aliphatic rings. The molecule has 0 atom stereocenters. The average molecular weight is 585 g/mol. The largest absolute Gasteiger partial charge is 0.130 e. The summed E-state index contributed by atoms with van der Waals surface area (Å²) in [7, 11) is -0.297. The first-order valence-electron chi connectivity index (χ1n) is 11.0. The Morgan fingerprint density at radius 1 is 0.424 bits per heavy atom. The van der Waals surface area contributed by atoms with Crippen LogP contribution in [0.4, 0.5) is 0 Å². The van der Waals surface area contributed by atoms with E-state index >= 15 is 0 Å². The zero-order valence-electron chi connectivity index (χ0n) is 19.5. The Kier molecular flexibility index (Phi) is 16.3. The van der Waals surface area contributed by atoms with Crippen LogP contribution >= 0.6 is 27.4 Å². The summed E-state index contributed by atoms with van der Waals surface area (Å²) < 4.78 is 0. The molecule has 0 aliphatic carbocycles. The fraction of sp³-hybridized carbons (Fsp3) is 0.172. The second kappa shape index (κ2) is 18.1. The molecule has 0 radical (unpaired) electrons. The van der Waals surface area contributed by atoms with Crippen LogP contribution in [0.2, 0.25) is 0 Å². The third kappa shape index (κ3) is 9.83. The topological polar surface area (TPSA) is 0 Å². The van der Waals surface area contributed by atoms with Crippen molar-refractivity contribution in [2.45, 2.75) is 13.8 Å². The molecule has 4 aromatic rings. The average Bonchev–Trinajstić information content (AvgIpc) is 2.89. The summed E-state index contributed by atoms with van der Waals surface area (Å²) in [6.45, 7) is 4.54. The Balaban J connectivity index is 0.000000299. The van der Waals surface area contributed by atoms with Crippen molar-refractivity contribution in [2.24, 2.45) is 0 Å². The number of hydrogen-bond donors (Lipinski definition) is 0. The van der Waals surface area contributed by atoms with Crippen molar-refractivity contribution >= 4 is 48.7 Å². The van der Waals surface area contributed by atoms with Crippen LogP contribution in [0.25, 0.3) is 0 Å². The van der Waals surface area contributed by atoms with Crippen LogP contribution in [0.5, 0.6) is 0 Å². The molecule has 33 heavy (non-hydrogen) atoms. The molecule has 176 valence electrons. The van der Waals surface area contributed by atoms with Gasteiger partial charge in [0.25, 0.3) is 0 Å². The maximum atomic E-state index is 4.64. The van der Waals surface area contributed by atoms with Crippen molar-refractivity contribution < 1.29 is 20.4 Å². The summed E-state index contributed by atoms with van der Waals surface area (Å²) >= 11 is 4.64. The van der Waals surface area contributed by atoms with Crippen molar-refractivity contribution in [3.8, 4) is 0 Å². The van der Waals surface area contributed by atoms with Gasteiger partial charge >= 0.3 is 0 Å². The second-order valence-electron chi connectivity index (χ2n) is 6.83. The van der Waals surface area contributed by atoms with Gasteiger partial charge in [0.2, 0.25) is 0 Å². The van der Waals surface area contributed by atoms with Crippen LogP contribution in [-0.4, -0.2) is 18.7 Å². The summed E-state index contributed by atoms with van der Waals surface area (Å²) in [5.41, 5.74) is 0. The van der Waals surface area contributed by atoms with Gasteiger partial charge in [-0.3, -0.25) is 0 Å². The Bertz CT molecular complexity index is 805. The Morgan fingerprint density at radius 3 is 0.758 bits per heavy atom. The van der Waals surface area contributed by atoms with E-state index in [1.54, 1.807) is 0 Å². The zero-order chi connectivity index (χ0) is 23.0. The molecule has 0 heterocycles. The van der Waals surface area contributed by atoms with Crippen molar-refractivity contribution in [2.75, 3.05) is 18.7 Å². The van der Waals surface area contributed by atoms with E-state index in [4.69, 9.17) is 0 Å². The minimum absolute atomic E-state index is 0. The monoisotopic (exact) mass is 584 g/mol. The summed E-state index contributed by atoms with van der Waals surface area (Å²) in [6.07, 6.45) is 3.90. The minimum atomic E-state index is -0.149. The van der Waals surface area contributed by atoms with Gasteiger partial charge in [-0.25, -0.2) is 0 Å². The number of halogens is 1. The first-order chi connectivity index (χ1) is 15.8. The number of alkyl halides is 1. The molecule has 4 heteroatoms. The molecule has 0 amide bonds. The molecular formula is C29H33ClP2Pd. The van der Waals surface area contributed by atoms with Gasteiger partial charge in [-0.2, -0.15) is 0 Å². The third-order valence-electron chi connectivity index (χ3n) is 4.90. The van der Waals surface area contributed by atoms with Crippen LogP contribution in [-0.2, 0) is 20.4 Å². The van der Waals surface area contributed by atoms with Crippen molar-refractivity contribution in [3.05, 3.63) is 121 Å². The van der Waals surface area contributed by atoms with Crippen molar-refractivity contribution in [3.63, 3.8) is 0 Å². The SMILES string of the molecule is CCP(c1ccccc1)c1ccccc1.CCP(c1ccccc1)c1ccccc1.CCl.[Pd]. The second-order valence-corrected chi connectivity index (χ2v) is 11.9. The summed E-state index contributed by atoms with van der Waals surface area (Å²) in [4.78, 5) is 0. The predicted octanol–water partition coefficient (Wildman–Crippen LogP) is 7.13. The molecule has 4 aromatic carbocycles.